The number of nitrogens with one attached hydrogen (secondary N) is 1. The molecule has 3 aliphatic carbocycles. The molecule has 0 spiro atoms. The van der Waals surface area contributed by atoms with Crippen molar-refractivity contribution >= 4 is 27.6 Å². The number of halogens is 1. The van der Waals surface area contributed by atoms with Crippen LogP contribution in [0.1, 0.15) is 46.5 Å². The number of aromatic nitrogens is 2. The lowest BCUT2D eigenvalue weighted by Gasteiger charge is -2.62. The van der Waals surface area contributed by atoms with E-state index in [-0.39, 0.29) is 12.0 Å². The highest BCUT2D eigenvalue weighted by molar-refractivity contribution is 9.10. The molecule has 25 heavy (non-hydrogen) atoms. The number of hydrogen-bond acceptors (Lipinski definition) is 4. The lowest BCUT2D eigenvalue weighted by molar-refractivity contribution is -0.137. The predicted molar refractivity (Wildman–Crippen MR) is 99.6 cm³/mol. The molecule has 7 heteroatoms. The molecule has 6 nitrogen and oxygen atoms in total. The molecule has 0 amide bonds. The van der Waals surface area contributed by atoms with Gasteiger partial charge in [-0.25, -0.2) is 4.68 Å². The SMILES string of the molecule is C[C@H]1[C@H](Nc2cnn(CCCC(=O)O)c(=O)c2Br)C[C@H]2C[C@@H]1C2(C)C. The fourth-order valence-electron chi connectivity index (χ4n) is 4.65. The van der Waals surface area contributed by atoms with Crippen LogP contribution in [0.25, 0.3) is 0 Å². The van der Waals surface area contributed by atoms with Crippen LogP contribution in [0, 0.1) is 23.2 Å². The van der Waals surface area contributed by atoms with Crippen LogP contribution in [0.3, 0.4) is 0 Å². The highest BCUT2D eigenvalue weighted by Gasteiger charge is 2.56. The average molecular weight is 412 g/mol. The highest BCUT2D eigenvalue weighted by atomic mass is 79.9. The van der Waals surface area contributed by atoms with Crippen LogP contribution in [0.15, 0.2) is 15.5 Å². The molecule has 3 saturated carbocycles. The van der Waals surface area contributed by atoms with Crippen LogP contribution in [-0.2, 0) is 11.3 Å². The maximum absolute atomic E-state index is 12.4. The van der Waals surface area contributed by atoms with Crippen LogP contribution >= 0.6 is 15.9 Å². The van der Waals surface area contributed by atoms with Gasteiger partial charge in [-0.2, -0.15) is 5.10 Å². The predicted octanol–water partition coefficient (Wildman–Crippen LogP) is 3.35. The number of aliphatic carboxylic acids is 1. The van der Waals surface area contributed by atoms with Crippen LogP contribution in [0.4, 0.5) is 5.69 Å². The van der Waals surface area contributed by atoms with E-state index in [9.17, 15) is 9.59 Å². The zero-order valence-electron chi connectivity index (χ0n) is 15.0. The summed E-state index contributed by atoms with van der Waals surface area (Å²) >= 11 is 3.40. The molecule has 1 heterocycles. The lowest BCUT2D eigenvalue weighted by atomic mass is 9.45. The summed E-state index contributed by atoms with van der Waals surface area (Å²) in [6.07, 6.45) is 4.53. The summed E-state index contributed by atoms with van der Waals surface area (Å²) in [7, 11) is 0. The number of rotatable bonds is 6. The van der Waals surface area contributed by atoms with Crippen molar-refractivity contribution in [2.24, 2.45) is 23.2 Å². The first-order valence-electron chi connectivity index (χ1n) is 8.95. The number of carboxylic acid groups (broad SMARTS) is 1. The minimum atomic E-state index is -0.863. The van der Waals surface area contributed by atoms with Crippen LogP contribution < -0.4 is 10.9 Å². The van der Waals surface area contributed by atoms with Gasteiger partial charge in [0.05, 0.1) is 11.9 Å². The normalized spacial score (nSPS) is 29.8. The molecule has 1 aromatic heterocycles. The standard InChI is InChI=1S/C18H26BrN3O3/c1-10-12-7-11(18(12,2)3)8-13(10)21-14-9-20-22(17(25)16(14)19)6-4-5-15(23)24/h9-13,21H,4-8H2,1-3H3,(H,23,24)/t10-,11-,12+,13-/m1/s1. The van der Waals surface area contributed by atoms with E-state index in [1.807, 2.05) is 0 Å². The number of aryl methyl sites for hydroxylation is 1. The number of fused-ring (bicyclic) bond motifs is 2. The molecule has 3 aliphatic rings. The monoisotopic (exact) mass is 411 g/mol. The Balaban J connectivity index is 1.69. The van der Waals surface area contributed by atoms with Crippen LogP contribution in [0.2, 0.25) is 0 Å². The molecule has 2 bridgehead atoms. The second-order valence-electron chi connectivity index (χ2n) is 8.10. The maximum Gasteiger partial charge on any atom is 0.303 e. The summed E-state index contributed by atoms with van der Waals surface area (Å²) in [6, 6.07) is 0.358. The summed E-state index contributed by atoms with van der Waals surface area (Å²) < 4.78 is 1.80. The molecule has 4 rings (SSSR count). The average Bonchev–Trinajstić information content (AvgIpc) is 2.54. The van der Waals surface area contributed by atoms with E-state index in [2.05, 4.69) is 47.1 Å². The number of nitrogens with zero attached hydrogens (tertiary/aromatic N) is 2. The minimum absolute atomic E-state index is 0.0316. The first-order valence-corrected chi connectivity index (χ1v) is 9.75. The van der Waals surface area contributed by atoms with Gasteiger partial charge in [0.2, 0.25) is 0 Å². The summed E-state index contributed by atoms with van der Waals surface area (Å²) in [5.74, 6) is 1.17. The topological polar surface area (TPSA) is 84.2 Å². The Morgan fingerprint density at radius 1 is 1.48 bits per heavy atom. The highest BCUT2D eigenvalue weighted by Crippen LogP contribution is 2.61. The van der Waals surface area contributed by atoms with Gasteiger partial charge in [0.15, 0.2) is 0 Å². The fraction of sp³-hybridized carbons (Fsp3) is 0.722. The zero-order valence-corrected chi connectivity index (χ0v) is 16.5. The first-order chi connectivity index (χ1) is 11.7. The number of hydrogen-bond donors (Lipinski definition) is 2. The second kappa shape index (κ2) is 6.74. The fourth-order valence-corrected chi connectivity index (χ4v) is 5.07. The second-order valence-corrected chi connectivity index (χ2v) is 8.90. The molecule has 0 radical (unpaired) electrons. The molecule has 138 valence electrons. The molecule has 1 aromatic rings. The van der Waals surface area contributed by atoms with E-state index < -0.39 is 5.97 Å². The van der Waals surface area contributed by atoms with Gasteiger partial charge in [-0.1, -0.05) is 20.8 Å². The van der Waals surface area contributed by atoms with Gasteiger partial charge in [0.25, 0.3) is 5.56 Å². The number of anilines is 1. The molecule has 0 aromatic carbocycles. The molecule has 0 saturated heterocycles. The Bertz CT molecular complexity index is 731. The van der Waals surface area contributed by atoms with Gasteiger partial charge in [-0.3, -0.25) is 9.59 Å². The Kier molecular flexibility index (Phi) is 4.97. The Hall–Kier alpha value is -1.37. The Morgan fingerprint density at radius 2 is 2.20 bits per heavy atom. The Labute approximate surface area is 156 Å². The largest absolute Gasteiger partial charge is 0.481 e. The summed E-state index contributed by atoms with van der Waals surface area (Å²) in [5.41, 5.74) is 0.945. The van der Waals surface area contributed by atoms with E-state index in [0.29, 0.717) is 34.8 Å². The van der Waals surface area contributed by atoms with Crippen molar-refractivity contribution in [1.82, 2.24) is 9.78 Å². The van der Waals surface area contributed by atoms with Crippen molar-refractivity contribution in [3.8, 4) is 0 Å². The molecule has 0 unspecified atom stereocenters. The van der Waals surface area contributed by atoms with Gasteiger partial charge in [-0.05, 0) is 58.4 Å². The third-order valence-electron chi connectivity index (χ3n) is 6.44. The minimum Gasteiger partial charge on any atom is -0.481 e. The first kappa shape index (κ1) is 18.4. The van der Waals surface area contributed by atoms with Crippen molar-refractivity contribution in [3.05, 3.63) is 21.0 Å². The molecule has 2 N–H and O–H groups in total. The number of carboxylic acids is 1. The van der Waals surface area contributed by atoms with Crippen LogP contribution in [-0.4, -0.2) is 26.9 Å². The summed E-state index contributed by atoms with van der Waals surface area (Å²) in [6.45, 7) is 7.35. The van der Waals surface area contributed by atoms with Gasteiger partial charge < -0.3 is 10.4 Å². The van der Waals surface area contributed by atoms with Crippen molar-refractivity contribution < 1.29 is 9.90 Å². The quantitative estimate of drug-likeness (QED) is 0.749. The number of carbonyl (C=O) groups is 1. The molecule has 0 aliphatic heterocycles. The van der Waals surface area contributed by atoms with Crippen molar-refractivity contribution in [3.63, 3.8) is 0 Å². The van der Waals surface area contributed by atoms with Gasteiger partial charge in [0, 0.05) is 19.0 Å². The van der Waals surface area contributed by atoms with Gasteiger partial charge in [-0.15, -0.1) is 0 Å². The third-order valence-corrected chi connectivity index (χ3v) is 7.21. The van der Waals surface area contributed by atoms with Crippen molar-refractivity contribution in [1.29, 1.82) is 0 Å². The zero-order chi connectivity index (χ0) is 18.4. The molecular formula is C18H26BrN3O3. The van der Waals surface area contributed by atoms with E-state index in [1.165, 1.54) is 11.1 Å². The lowest BCUT2D eigenvalue weighted by Crippen LogP contribution is -2.58. The van der Waals surface area contributed by atoms with E-state index in [1.54, 1.807) is 6.20 Å². The maximum atomic E-state index is 12.4. The van der Waals surface area contributed by atoms with Crippen LogP contribution in [0.5, 0.6) is 0 Å². The molecule has 4 atom stereocenters. The molecule has 3 fully saturated rings. The molecular weight excluding hydrogens is 386 g/mol. The Morgan fingerprint density at radius 3 is 2.80 bits per heavy atom. The van der Waals surface area contributed by atoms with Gasteiger partial charge >= 0.3 is 5.97 Å². The third kappa shape index (κ3) is 3.35. The van der Waals surface area contributed by atoms with Crippen molar-refractivity contribution in [2.45, 2.75) is 59.0 Å². The summed E-state index contributed by atoms with van der Waals surface area (Å²) in [4.78, 5) is 23.0. The van der Waals surface area contributed by atoms with Gasteiger partial charge in [0.1, 0.15) is 4.47 Å². The van der Waals surface area contributed by atoms with Crippen molar-refractivity contribution in [2.75, 3.05) is 5.32 Å². The smallest absolute Gasteiger partial charge is 0.303 e. The van der Waals surface area contributed by atoms with E-state index >= 15 is 0 Å². The summed E-state index contributed by atoms with van der Waals surface area (Å²) in [5, 5.41) is 16.4. The van der Waals surface area contributed by atoms with E-state index in [0.717, 1.165) is 23.9 Å². The van der Waals surface area contributed by atoms with E-state index in [4.69, 9.17) is 5.11 Å².